The summed E-state index contributed by atoms with van der Waals surface area (Å²) in [6.45, 7) is 3.09. The molecule has 10 heteroatoms. The molecule has 0 saturated carbocycles. The number of rotatable bonds is 2. The van der Waals surface area contributed by atoms with Crippen molar-refractivity contribution in [3.05, 3.63) is 67.0 Å². The second kappa shape index (κ2) is 7.36. The molecule has 22 heavy (non-hydrogen) atoms. The van der Waals surface area contributed by atoms with Gasteiger partial charge in [0.2, 0.25) is 5.95 Å². The first-order chi connectivity index (χ1) is 10.2. The van der Waals surface area contributed by atoms with Crippen molar-refractivity contribution in [3.8, 4) is 0 Å². The summed E-state index contributed by atoms with van der Waals surface area (Å²) in [5.41, 5.74) is 0.566. The van der Waals surface area contributed by atoms with Crippen molar-refractivity contribution in [1.82, 2.24) is 9.97 Å². The van der Waals surface area contributed by atoms with E-state index in [1.807, 2.05) is 0 Å². The van der Waals surface area contributed by atoms with E-state index in [9.17, 15) is 24.6 Å². The fourth-order valence-corrected chi connectivity index (χ4v) is 1.39. The third-order valence-corrected chi connectivity index (χ3v) is 2.82. The van der Waals surface area contributed by atoms with Gasteiger partial charge < -0.3 is 0 Å². The number of hydrogen-bond donors (Lipinski definition) is 0. The molecule has 0 aliphatic rings. The minimum atomic E-state index is -0.671. The van der Waals surface area contributed by atoms with Crippen LogP contribution < -0.4 is 0 Å². The highest BCUT2D eigenvalue weighted by molar-refractivity contribution is 6.30. The molecular weight excluding hydrogens is 319 g/mol. The van der Waals surface area contributed by atoms with Crippen molar-refractivity contribution < 1.29 is 14.2 Å². The van der Waals surface area contributed by atoms with Gasteiger partial charge in [0.1, 0.15) is 17.5 Å². The summed E-state index contributed by atoms with van der Waals surface area (Å²) in [6.07, 6.45) is 2.03. The van der Waals surface area contributed by atoms with E-state index in [1.54, 1.807) is 6.92 Å². The molecule has 116 valence electrons. The maximum atomic E-state index is 12.4. The van der Waals surface area contributed by atoms with Crippen LogP contribution in [0.2, 0.25) is 5.15 Å². The first kappa shape index (κ1) is 17.4. The molecule has 0 aromatic carbocycles. The highest BCUT2D eigenvalue weighted by Gasteiger charge is 2.08. The summed E-state index contributed by atoms with van der Waals surface area (Å²) >= 11 is 5.55. The third-order valence-electron chi connectivity index (χ3n) is 2.42. The number of aryl methyl sites for hydroxylation is 2. The molecule has 0 aliphatic carbocycles. The fourth-order valence-electron chi connectivity index (χ4n) is 1.29. The summed E-state index contributed by atoms with van der Waals surface area (Å²) in [4.78, 5) is 26.0. The molecule has 2 heterocycles. The lowest BCUT2D eigenvalue weighted by Crippen LogP contribution is -1.93. The molecule has 0 saturated heterocycles. The lowest BCUT2D eigenvalue weighted by Gasteiger charge is -1.94. The molecule has 2 aromatic rings. The Morgan fingerprint density at radius 2 is 1.45 bits per heavy atom. The second-order valence-corrected chi connectivity index (χ2v) is 4.47. The van der Waals surface area contributed by atoms with Gasteiger partial charge in [-0.15, -0.1) is 0 Å². The van der Waals surface area contributed by atoms with Crippen LogP contribution in [-0.2, 0) is 0 Å². The smallest absolute Gasteiger partial charge is 0.258 e. The molecule has 2 rings (SSSR count). The maximum Gasteiger partial charge on any atom is 0.288 e. The van der Waals surface area contributed by atoms with E-state index in [0.29, 0.717) is 10.7 Å². The third kappa shape index (κ3) is 4.70. The van der Waals surface area contributed by atoms with Crippen molar-refractivity contribution >= 4 is 23.0 Å². The van der Waals surface area contributed by atoms with E-state index in [2.05, 4.69) is 9.97 Å². The lowest BCUT2D eigenvalue weighted by atomic mass is 10.3. The molecular formula is C12H10ClFN4O4. The van der Waals surface area contributed by atoms with Crippen LogP contribution in [0.25, 0.3) is 0 Å². The molecule has 8 nitrogen and oxygen atoms in total. The highest BCUT2D eigenvalue weighted by atomic mass is 35.5. The molecule has 0 fully saturated rings. The van der Waals surface area contributed by atoms with Crippen LogP contribution in [0, 0.1) is 40.0 Å². The quantitative estimate of drug-likeness (QED) is 0.474. The Morgan fingerprint density at radius 3 is 1.86 bits per heavy atom. The van der Waals surface area contributed by atoms with Crippen LogP contribution in [0.3, 0.4) is 0 Å². The number of hydrogen-bond acceptors (Lipinski definition) is 6. The largest absolute Gasteiger partial charge is 0.288 e. The normalized spacial score (nSPS) is 9.64. The first-order valence-corrected chi connectivity index (χ1v) is 6.13. The lowest BCUT2D eigenvalue weighted by molar-refractivity contribution is -0.385. The zero-order chi connectivity index (χ0) is 16.9. The second-order valence-electron chi connectivity index (χ2n) is 4.12. The average molecular weight is 329 g/mol. The van der Waals surface area contributed by atoms with Crippen LogP contribution in [0.5, 0.6) is 0 Å². The summed E-state index contributed by atoms with van der Waals surface area (Å²) in [7, 11) is 0. The summed E-state index contributed by atoms with van der Waals surface area (Å²) in [6, 6.07) is 2.53. The van der Waals surface area contributed by atoms with Gasteiger partial charge in [0.05, 0.1) is 9.85 Å². The number of aromatic nitrogens is 2. The van der Waals surface area contributed by atoms with Crippen LogP contribution >= 0.6 is 11.6 Å². The van der Waals surface area contributed by atoms with E-state index < -0.39 is 15.8 Å². The van der Waals surface area contributed by atoms with Gasteiger partial charge in [-0.1, -0.05) is 11.6 Å². The van der Waals surface area contributed by atoms with Crippen molar-refractivity contribution in [2.45, 2.75) is 13.8 Å². The average Bonchev–Trinajstić information content (AvgIpc) is 2.45. The SMILES string of the molecule is Cc1cc([N+](=O)[O-])cnc1Cl.Cc1cc([N+](=O)[O-])cnc1F. The van der Waals surface area contributed by atoms with Crippen LogP contribution in [-0.4, -0.2) is 19.8 Å². The Bertz CT molecular complexity index is 665. The molecule has 0 aliphatic heterocycles. The topological polar surface area (TPSA) is 112 Å². The molecule has 2 aromatic heterocycles. The van der Waals surface area contributed by atoms with Gasteiger partial charge in [0.25, 0.3) is 11.4 Å². The van der Waals surface area contributed by atoms with Gasteiger partial charge in [0.15, 0.2) is 0 Å². The predicted octanol–water partition coefficient (Wildman–Crippen LogP) is 3.39. The van der Waals surface area contributed by atoms with Gasteiger partial charge in [-0.05, 0) is 19.4 Å². The van der Waals surface area contributed by atoms with Crippen LogP contribution in [0.15, 0.2) is 24.5 Å². The highest BCUT2D eigenvalue weighted by Crippen LogP contribution is 2.17. The number of nitrogens with zero attached hydrogens (tertiary/aromatic N) is 4. The Labute approximate surface area is 128 Å². The number of halogens is 2. The van der Waals surface area contributed by atoms with E-state index >= 15 is 0 Å². The summed E-state index contributed by atoms with van der Waals surface area (Å²) in [5, 5.41) is 20.6. The van der Waals surface area contributed by atoms with E-state index in [4.69, 9.17) is 11.6 Å². The summed E-state index contributed by atoms with van der Waals surface area (Å²) in [5.74, 6) is -0.671. The Morgan fingerprint density at radius 1 is 1.00 bits per heavy atom. The molecule has 0 amide bonds. The van der Waals surface area contributed by atoms with Gasteiger partial charge in [-0.25, -0.2) is 9.97 Å². The van der Waals surface area contributed by atoms with Gasteiger partial charge >= 0.3 is 0 Å². The van der Waals surface area contributed by atoms with E-state index in [-0.39, 0.29) is 16.9 Å². The fraction of sp³-hybridized carbons (Fsp3) is 0.167. The molecule has 0 spiro atoms. The van der Waals surface area contributed by atoms with E-state index in [0.717, 1.165) is 18.5 Å². The first-order valence-electron chi connectivity index (χ1n) is 5.75. The zero-order valence-electron chi connectivity index (χ0n) is 11.5. The molecule has 0 N–H and O–H groups in total. The molecule has 0 bridgehead atoms. The predicted molar refractivity (Wildman–Crippen MR) is 76.2 cm³/mol. The maximum absolute atomic E-state index is 12.4. The van der Waals surface area contributed by atoms with Crippen molar-refractivity contribution in [2.75, 3.05) is 0 Å². The number of pyridine rings is 2. The van der Waals surface area contributed by atoms with Crippen molar-refractivity contribution in [3.63, 3.8) is 0 Å². The van der Waals surface area contributed by atoms with E-state index in [1.165, 1.54) is 13.0 Å². The standard InChI is InChI=1S/C6H5ClN2O2.C6H5FN2O2/c2*1-4-2-5(9(10)11)3-8-6(4)7/h2*2-3H,1H3. The Balaban J connectivity index is 0.000000220. The number of nitro groups is 2. The van der Waals surface area contributed by atoms with Gasteiger partial charge in [-0.3, -0.25) is 20.2 Å². The molecule has 0 unspecified atom stereocenters. The van der Waals surface area contributed by atoms with Gasteiger partial charge in [-0.2, -0.15) is 4.39 Å². The van der Waals surface area contributed by atoms with Gasteiger partial charge in [0, 0.05) is 17.7 Å². The molecule has 0 atom stereocenters. The molecule has 0 radical (unpaired) electrons. The van der Waals surface area contributed by atoms with Crippen LogP contribution in [0.1, 0.15) is 11.1 Å². The van der Waals surface area contributed by atoms with Crippen molar-refractivity contribution in [1.29, 1.82) is 0 Å². The zero-order valence-corrected chi connectivity index (χ0v) is 12.2. The Hall–Kier alpha value is -2.68. The minimum absolute atomic E-state index is 0.0353. The van der Waals surface area contributed by atoms with Crippen LogP contribution in [0.4, 0.5) is 15.8 Å². The monoisotopic (exact) mass is 328 g/mol. The summed E-state index contributed by atoms with van der Waals surface area (Å²) < 4.78 is 12.4. The Kier molecular flexibility index (Phi) is 5.81. The van der Waals surface area contributed by atoms with Crippen molar-refractivity contribution in [2.24, 2.45) is 0 Å². The minimum Gasteiger partial charge on any atom is -0.258 e.